The SMILES string of the molecule is CCNC(=NCC(C)c1ccccc1)N1CCC(C)C(n2ccnc2)C1.I. The van der Waals surface area contributed by atoms with Crippen LogP contribution in [0.5, 0.6) is 0 Å². The normalized spacial score (nSPS) is 21.4. The number of nitrogens with zero attached hydrogens (tertiary/aromatic N) is 4. The number of piperidine rings is 1. The molecule has 148 valence electrons. The molecule has 3 rings (SSSR count). The van der Waals surface area contributed by atoms with Crippen LogP contribution in [0, 0.1) is 5.92 Å². The first-order valence-electron chi connectivity index (χ1n) is 9.74. The molecule has 2 aromatic rings. The van der Waals surface area contributed by atoms with E-state index >= 15 is 0 Å². The molecular formula is C21H32IN5. The van der Waals surface area contributed by atoms with E-state index < -0.39 is 0 Å². The quantitative estimate of drug-likeness (QED) is 0.397. The summed E-state index contributed by atoms with van der Waals surface area (Å²) in [5.74, 6) is 2.09. The van der Waals surface area contributed by atoms with E-state index in [0.717, 1.165) is 32.1 Å². The third-order valence-corrected chi connectivity index (χ3v) is 5.34. The molecule has 3 atom stereocenters. The van der Waals surface area contributed by atoms with Crippen molar-refractivity contribution in [1.29, 1.82) is 0 Å². The number of imidazole rings is 1. The first kappa shape index (κ1) is 21.7. The van der Waals surface area contributed by atoms with Crippen molar-refractivity contribution >= 4 is 29.9 Å². The maximum absolute atomic E-state index is 4.96. The second kappa shape index (κ2) is 10.7. The number of rotatable bonds is 5. The summed E-state index contributed by atoms with van der Waals surface area (Å²) >= 11 is 0. The van der Waals surface area contributed by atoms with Gasteiger partial charge in [0, 0.05) is 44.5 Å². The van der Waals surface area contributed by atoms with Crippen LogP contribution in [0.4, 0.5) is 0 Å². The Balaban J connectivity index is 0.00000261. The van der Waals surface area contributed by atoms with Crippen LogP contribution in [0.15, 0.2) is 54.0 Å². The molecule has 1 aliphatic rings. The second-order valence-electron chi connectivity index (χ2n) is 7.30. The summed E-state index contributed by atoms with van der Waals surface area (Å²) in [5.41, 5.74) is 1.34. The van der Waals surface area contributed by atoms with Gasteiger partial charge in [0.25, 0.3) is 0 Å². The lowest BCUT2D eigenvalue weighted by atomic mass is 9.93. The summed E-state index contributed by atoms with van der Waals surface area (Å²) in [6.07, 6.45) is 7.05. The first-order chi connectivity index (χ1) is 12.7. The Morgan fingerprint density at radius 1 is 1.33 bits per heavy atom. The van der Waals surface area contributed by atoms with Gasteiger partial charge < -0.3 is 14.8 Å². The highest BCUT2D eigenvalue weighted by molar-refractivity contribution is 14.0. The van der Waals surface area contributed by atoms with Gasteiger partial charge in [0.05, 0.1) is 12.4 Å². The number of guanidine groups is 1. The molecule has 1 aromatic carbocycles. The number of likely N-dealkylation sites (tertiary alicyclic amines) is 1. The van der Waals surface area contributed by atoms with Gasteiger partial charge in [-0.05, 0) is 24.8 Å². The molecule has 3 unspecified atom stereocenters. The molecule has 27 heavy (non-hydrogen) atoms. The highest BCUT2D eigenvalue weighted by atomic mass is 127. The topological polar surface area (TPSA) is 45.5 Å². The van der Waals surface area contributed by atoms with E-state index in [0.29, 0.717) is 17.9 Å². The minimum Gasteiger partial charge on any atom is -0.357 e. The predicted molar refractivity (Wildman–Crippen MR) is 123 cm³/mol. The number of hydrogen-bond donors (Lipinski definition) is 1. The number of hydrogen-bond acceptors (Lipinski definition) is 2. The number of halogens is 1. The molecule has 1 fully saturated rings. The second-order valence-corrected chi connectivity index (χ2v) is 7.30. The van der Waals surface area contributed by atoms with Crippen LogP contribution in [0.1, 0.15) is 44.7 Å². The third-order valence-electron chi connectivity index (χ3n) is 5.34. The largest absolute Gasteiger partial charge is 0.357 e. The molecule has 0 aliphatic carbocycles. The molecular weight excluding hydrogens is 449 g/mol. The van der Waals surface area contributed by atoms with Crippen molar-refractivity contribution in [2.75, 3.05) is 26.2 Å². The number of benzene rings is 1. The molecule has 1 aliphatic heterocycles. The van der Waals surface area contributed by atoms with Crippen LogP contribution < -0.4 is 5.32 Å². The number of aliphatic imine (C=N–C) groups is 1. The van der Waals surface area contributed by atoms with Crippen molar-refractivity contribution in [3.05, 3.63) is 54.6 Å². The molecule has 0 saturated carbocycles. The van der Waals surface area contributed by atoms with Gasteiger partial charge in [0.2, 0.25) is 0 Å². The standard InChI is InChI=1S/C21H31N5.HI/c1-4-23-21(24-14-18(3)19-8-6-5-7-9-19)25-12-10-17(2)20(15-25)26-13-11-22-16-26;/h5-9,11,13,16-18,20H,4,10,12,14-15H2,1-3H3,(H,23,24);1H. The smallest absolute Gasteiger partial charge is 0.194 e. The first-order valence-corrected chi connectivity index (χ1v) is 9.74. The van der Waals surface area contributed by atoms with E-state index in [-0.39, 0.29) is 24.0 Å². The Labute approximate surface area is 180 Å². The molecule has 0 radical (unpaired) electrons. The Kier molecular flexibility index (Phi) is 8.60. The van der Waals surface area contributed by atoms with Gasteiger partial charge in [-0.3, -0.25) is 4.99 Å². The molecule has 2 heterocycles. The van der Waals surface area contributed by atoms with E-state index in [4.69, 9.17) is 4.99 Å². The van der Waals surface area contributed by atoms with Crippen LogP contribution >= 0.6 is 24.0 Å². The van der Waals surface area contributed by atoms with Gasteiger partial charge in [-0.25, -0.2) is 4.98 Å². The molecule has 1 N–H and O–H groups in total. The van der Waals surface area contributed by atoms with Crippen molar-refractivity contribution in [3.63, 3.8) is 0 Å². The highest BCUT2D eigenvalue weighted by Crippen LogP contribution is 2.27. The van der Waals surface area contributed by atoms with Crippen molar-refractivity contribution in [2.24, 2.45) is 10.9 Å². The van der Waals surface area contributed by atoms with Gasteiger partial charge in [0.1, 0.15) is 0 Å². The molecule has 6 heteroatoms. The van der Waals surface area contributed by atoms with Crippen LogP contribution in [-0.4, -0.2) is 46.6 Å². The molecule has 0 amide bonds. The summed E-state index contributed by atoms with van der Waals surface area (Å²) < 4.78 is 2.24. The van der Waals surface area contributed by atoms with Crippen LogP contribution in [0.25, 0.3) is 0 Å². The van der Waals surface area contributed by atoms with Crippen molar-refractivity contribution in [2.45, 2.75) is 39.2 Å². The van der Waals surface area contributed by atoms with E-state index in [2.05, 4.69) is 77.1 Å². The highest BCUT2D eigenvalue weighted by Gasteiger charge is 2.28. The fraction of sp³-hybridized carbons (Fsp3) is 0.524. The Morgan fingerprint density at radius 2 is 2.11 bits per heavy atom. The van der Waals surface area contributed by atoms with Crippen molar-refractivity contribution in [1.82, 2.24) is 19.8 Å². The monoisotopic (exact) mass is 481 g/mol. The van der Waals surface area contributed by atoms with Gasteiger partial charge in [-0.1, -0.05) is 44.2 Å². The molecule has 0 bridgehead atoms. The zero-order valence-electron chi connectivity index (χ0n) is 16.6. The average molecular weight is 481 g/mol. The lowest BCUT2D eigenvalue weighted by Gasteiger charge is -2.39. The Morgan fingerprint density at radius 3 is 2.78 bits per heavy atom. The molecule has 0 spiro atoms. The van der Waals surface area contributed by atoms with Crippen LogP contribution in [0.3, 0.4) is 0 Å². The minimum absolute atomic E-state index is 0. The fourth-order valence-electron chi connectivity index (χ4n) is 3.63. The molecule has 1 saturated heterocycles. The Hall–Kier alpha value is -1.57. The van der Waals surface area contributed by atoms with Gasteiger partial charge in [-0.15, -0.1) is 24.0 Å². The number of aromatic nitrogens is 2. The lowest BCUT2D eigenvalue weighted by Crippen LogP contribution is -2.49. The maximum Gasteiger partial charge on any atom is 0.194 e. The van der Waals surface area contributed by atoms with Crippen LogP contribution in [-0.2, 0) is 0 Å². The van der Waals surface area contributed by atoms with Crippen LogP contribution in [0.2, 0.25) is 0 Å². The summed E-state index contributed by atoms with van der Waals surface area (Å²) in [5, 5.41) is 3.49. The molecule has 5 nitrogen and oxygen atoms in total. The van der Waals surface area contributed by atoms with Gasteiger partial charge in [-0.2, -0.15) is 0 Å². The summed E-state index contributed by atoms with van der Waals surface area (Å²) in [6, 6.07) is 11.1. The van der Waals surface area contributed by atoms with Crippen molar-refractivity contribution < 1.29 is 0 Å². The fourth-order valence-corrected chi connectivity index (χ4v) is 3.63. The minimum atomic E-state index is 0. The number of nitrogens with one attached hydrogen (secondary N) is 1. The Bertz CT molecular complexity index is 686. The predicted octanol–water partition coefficient (Wildman–Crippen LogP) is 4.15. The zero-order chi connectivity index (χ0) is 18.4. The third kappa shape index (κ3) is 5.70. The summed E-state index contributed by atoms with van der Waals surface area (Å²) in [7, 11) is 0. The average Bonchev–Trinajstić information content (AvgIpc) is 3.20. The summed E-state index contributed by atoms with van der Waals surface area (Å²) in [4.78, 5) is 11.6. The van der Waals surface area contributed by atoms with E-state index in [1.165, 1.54) is 12.0 Å². The lowest BCUT2D eigenvalue weighted by molar-refractivity contribution is 0.189. The van der Waals surface area contributed by atoms with E-state index in [1.54, 1.807) is 0 Å². The van der Waals surface area contributed by atoms with Gasteiger partial charge in [0.15, 0.2) is 5.96 Å². The van der Waals surface area contributed by atoms with Crippen molar-refractivity contribution in [3.8, 4) is 0 Å². The van der Waals surface area contributed by atoms with E-state index in [1.807, 2.05) is 12.5 Å². The maximum atomic E-state index is 4.96. The molecule has 1 aromatic heterocycles. The van der Waals surface area contributed by atoms with Gasteiger partial charge >= 0.3 is 0 Å². The zero-order valence-corrected chi connectivity index (χ0v) is 18.9. The summed E-state index contributed by atoms with van der Waals surface area (Å²) in [6.45, 7) is 10.4. The van der Waals surface area contributed by atoms with E-state index in [9.17, 15) is 0 Å².